The van der Waals surface area contributed by atoms with Gasteiger partial charge in [0, 0.05) is 6.54 Å². The second-order valence-electron chi connectivity index (χ2n) is 4.44. The van der Waals surface area contributed by atoms with Crippen molar-refractivity contribution in [2.24, 2.45) is 10.7 Å². The summed E-state index contributed by atoms with van der Waals surface area (Å²) in [5, 5.41) is 12.1. The topological polar surface area (TPSA) is 89.1 Å². The molecule has 0 saturated heterocycles. The standard InChI is InChI=1S/C14H23N3O3.HI/c1-10(18)9-17-14(15)16-7-6-11-4-5-12(19-2)13(8-11)20-3;/h4-5,8,10,18H,6-7,9H2,1-3H3,(H3,15,16,17);1H. The number of guanidine groups is 1. The van der Waals surface area contributed by atoms with Gasteiger partial charge < -0.3 is 25.6 Å². The summed E-state index contributed by atoms with van der Waals surface area (Å²) in [6.45, 7) is 2.63. The Labute approximate surface area is 142 Å². The van der Waals surface area contributed by atoms with Gasteiger partial charge >= 0.3 is 0 Å². The number of rotatable bonds is 7. The molecule has 4 N–H and O–H groups in total. The van der Waals surface area contributed by atoms with Gasteiger partial charge in [0.15, 0.2) is 17.5 Å². The van der Waals surface area contributed by atoms with Crippen LogP contribution < -0.4 is 20.5 Å². The lowest BCUT2D eigenvalue weighted by atomic mass is 10.1. The van der Waals surface area contributed by atoms with Gasteiger partial charge in [-0.25, -0.2) is 0 Å². The molecule has 0 amide bonds. The first-order chi connectivity index (χ1) is 9.56. The van der Waals surface area contributed by atoms with E-state index in [1.165, 1.54) is 0 Å². The van der Waals surface area contributed by atoms with Crippen molar-refractivity contribution >= 4 is 29.9 Å². The fourth-order valence-electron chi connectivity index (χ4n) is 1.66. The van der Waals surface area contributed by atoms with Crippen LogP contribution in [0.4, 0.5) is 0 Å². The van der Waals surface area contributed by atoms with Crippen molar-refractivity contribution in [2.45, 2.75) is 19.4 Å². The van der Waals surface area contributed by atoms with Gasteiger partial charge in [0.2, 0.25) is 0 Å². The molecule has 1 atom stereocenters. The van der Waals surface area contributed by atoms with Crippen LogP contribution in [0.3, 0.4) is 0 Å². The first-order valence-electron chi connectivity index (χ1n) is 6.49. The molecule has 1 aromatic rings. The van der Waals surface area contributed by atoms with E-state index in [1.807, 2.05) is 18.2 Å². The van der Waals surface area contributed by atoms with Gasteiger partial charge in [0.25, 0.3) is 0 Å². The maximum atomic E-state index is 9.10. The molecule has 7 heteroatoms. The minimum atomic E-state index is -0.485. The number of nitrogens with zero attached hydrogens (tertiary/aromatic N) is 1. The number of ether oxygens (including phenoxy) is 2. The third-order valence-electron chi connectivity index (χ3n) is 2.69. The van der Waals surface area contributed by atoms with Gasteiger partial charge in [-0.05, 0) is 31.0 Å². The summed E-state index contributed by atoms with van der Waals surface area (Å²) in [5.41, 5.74) is 6.78. The summed E-state index contributed by atoms with van der Waals surface area (Å²) < 4.78 is 10.4. The van der Waals surface area contributed by atoms with E-state index >= 15 is 0 Å². The summed E-state index contributed by atoms with van der Waals surface area (Å²) >= 11 is 0. The lowest BCUT2D eigenvalue weighted by Crippen LogP contribution is -2.34. The van der Waals surface area contributed by atoms with Gasteiger partial charge in [0.05, 0.1) is 26.9 Å². The number of nitrogens with two attached hydrogens (primary N) is 1. The van der Waals surface area contributed by atoms with Crippen molar-refractivity contribution in [3.63, 3.8) is 0 Å². The second kappa shape index (κ2) is 10.5. The van der Waals surface area contributed by atoms with Crippen molar-refractivity contribution in [2.75, 3.05) is 27.3 Å². The molecule has 120 valence electrons. The lowest BCUT2D eigenvalue weighted by molar-refractivity contribution is 0.204. The van der Waals surface area contributed by atoms with Crippen LogP contribution in [0.25, 0.3) is 0 Å². The number of aliphatic hydroxyl groups is 1. The van der Waals surface area contributed by atoms with E-state index in [-0.39, 0.29) is 24.0 Å². The van der Waals surface area contributed by atoms with Crippen LogP contribution in [0.5, 0.6) is 11.5 Å². The molecule has 0 bridgehead atoms. The van der Waals surface area contributed by atoms with Gasteiger partial charge in [-0.3, -0.25) is 4.99 Å². The molecule has 0 aromatic heterocycles. The summed E-state index contributed by atoms with van der Waals surface area (Å²) in [6, 6.07) is 5.79. The fraction of sp³-hybridized carbons (Fsp3) is 0.500. The number of halogens is 1. The Morgan fingerprint density at radius 3 is 2.57 bits per heavy atom. The minimum absolute atomic E-state index is 0. The molecule has 0 aliphatic heterocycles. The zero-order chi connectivity index (χ0) is 15.0. The zero-order valence-electron chi connectivity index (χ0n) is 12.6. The van der Waals surface area contributed by atoms with Crippen LogP contribution >= 0.6 is 24.0 Å². The first kappa shape index (κ1) is 19.8. The molecule has 0 radical (unpaired) electrons. The molecule has 0 aliphatic rings. The number of aliphatic imine (C=N–C) groups is 1. The van der Waals surface area contributed by atoms with Crippen molar-refractivity contribution in [1.82, 2.24) is 5.32 Å². The van der Waals surface area contributed by atoms with Crippen LogP contribution in [0.1, 0.15) is 12.5 Å². The van der Waals surface area contributed by atoms with E-state index in [2.05, 4.69) is 10.3 Å². The Balaban J connectivity index is 0.00000400. The van der Waals surface area contributed by atoms with E-state index in [9.17, 15) is 0 Å². The van der Waals surface area contributed by atoms with E-state index < -0.39 is 6.10 Å². The predicted octanol–water partition coefficient (Wildman–Crippen LogP) is 1.15. The van der Waals surface area contributed by atoms with Gasteiger partial charge in [-0.1, -0.05) is 6.07 Å². The number of methoxy groups -OCH3 is 2. The molecule has 6 nitrogen and oxygen atoms in total. The van der Waals surface area contributed by atoms with Crippen molar-refractivity contribution < 1.29 is 14.6 Å². The molecule has 1 unspecified atom stereocenters. The van der Waals surface area contributed by atoms with Crippen molar-refractivity contribution in [3.8, 4) is 11.5 Å². The average Bonchev–Trinajstić information content (AvgIpc) is 2.44. The first-order valence-corrected chi connectivity index (χ1v) is 6.49. The lowest BCUT2D eigenvalue weighted by Gasteiger charge is -2.10. The Morgan fingerprint density at radius 1 is 1.33 bits per heavy atom. The van der Waals surface area contributed by atoms with Crippen LogP contribution in [0.2, 0.25) is 0 Å². The van der Waals surface area contributed by atoms with Gasteiger partial charge in [-0.2, -0.15) is 0 Å². The number of nitrogens with one attached hydrogen (secondary N) is 1. The molecular formula is C14H24IN3O3. The number of benzene rings is 1. The Kier molecular flexibility index (Phi) is 9.89. The molecule has 0 aliphatic carbocycles. The quantitative estimate of drug-likeness (QED) is 0.357. The highest BCUT2D eigenvalue weighted by molar-refractivity contribution is 14.0. The smallest absolute Gasteiger partial charge is 0.188 e. The maximum Gasteiger partial charge on any atom is 0.188 e. The summed E-state index contributed by atoms with van der Waals surface area (Å²) in [6.07, 6.45) is 0.298. The van der Waals surface area contributed by atoms with E-state index in [0.29, 0.717) is 30.5 Å². The maximum absolute atomic E-state index is 9.10. The summed E-state index contributed by atoms with van der Waals surface area (Å²) in [4.78, 5) is 4.00. The van der Waals surface area contributed by atoms with Crippen LogP contribution in [-0.2, 0) is 6.42 Å². The average molecular weight is 409 g/mol. The van der Waals surface area contributed by atoms with Crippen molar-refractivity contribution in [3.05, 3.63) is 23.8 Å². The predicted molar refractivity (Wildman–Crippen MR) is 94.8 cm³/mol. The molecule has 1 aromatic carbocycles. The highest BCUT2D eigenvalue weighted by Gasteiger charge is 2.04. The third kappa shape index (κ3) is 7.37. The van der Waals surface area contributed by atoms with Gasteiger partial charge in [-0.15, -0.1) is 24.0 Å². The largest absolute Gasteiger partial charge is 0.493 e. The van der Waals surface area contributed by atoms with Crippen LogP contribution in [0.15, 0.2) is 23.2 Å². The highest BCUT2D eigenvalue weighted by Crippen LogP contribution is 2.27. The molecule has 0 heterocycles. The Hall–Kier alpha value is -1.22. The fourth-order valence-corrected chi connectivity index (χ4v) is 1.66. The molecular weight excluding hydrogens is 385 g/mol. The number of hydrogen-bond donors (Lipinski definition) is 3. The Bertz CT molecular complexity index is 453. The van der Waals surface area contributed by atoms with E-state index in [1.54, 1.807) is 21.1 Å². The summed E-state index contributed by atoms with van der Waals surface area (Å²) in [7, 11) is 3.22. The monoisotopic (exact) mass is 409 g/mol. The summed E-state index contributed by atoms with van der Waals surface area (Å²) in [5.74, 6) is 1.76. The molecule has 0 saturated carbocycles. The third-order valence-corrected chi connectivity index (χ3v) is 2.69. The van der Waals surface area contributed by atoms with E-state index in [0.717, 1.165) is 12.0 Å². The molecule has 0 fully saturated rings. The zero-order valence-corrected chi connectivity index (χ0v) is 15.0. The highest BCUT2D eigenvalue weighted by atomic mass is 127. The SMILES string of the molecule is COc1ccc(CCNC(N)=NCC(C)O)cc1OC.I. The van der Waals surface area contributed by atoms with Crippen LogP contribution in [0, 0.1) is 0 Å². The van der Waals surface area contributed by atoms with Gasteiger partial charge in [0.1, 0.15) is 0 Å². The molecule has 0 spiro atoms. The molecule has 1 rings (SSSR count). The normalized spacial score (nSPS) is 12.3. The van der Waals surface area contributed by atoms with E-state index in [4.69, 9.17) is 20.3 Å². The number of hydrogen-bond acceptors (Lipinski definition) is 4. The minimum Gasteiger partial charge on any atom is -0.493 e. The Morgan fingerprint density at radius 2 is 2.00 bits per heavy atom. The molecule has 21 heavy (non-hydrogen) atoms. The number of aliphatic hydroxyl groups excluding tert-OH is 1. The van der Waals surface area contributed by atoms with Crippen LogP contribution in [-0.4, -0.2) is 44.5 Å². The second-order valence-corrected chi connectivity index (χ2v) is 4.44. The van der Waals surface area contributed by atoms with Crippen molar-refractivity contribution in [1.29, 1.82) is 0 Å².